The minimum atomic E-state index is -0.00162. The smallest absolute Gasteiger partial charge is 0.160 e. The van der Waals surface area contributed by atoms with E-state index in [4.69, 9.17) is 16.6 Å². The first-order valence-corrected chi connectivity index (χ1v) is 10.7. The largest absolute Gasteiger partial charge is 0.339 e. The fraction of sp³-hybridized carbons (Fsp3) is 0.273. The van der Waals surface area contributed by atoms with Gasteiger partial charge in [0.2, 0.25) is 0 Å². The molecule has 5 rings (SSSR count). The Morgan fingerprint density at radius 3 is 2.82 bits per heavy atom. The minimum Gasteiger partial charge on any atom is -0.339 e. The number of rotatable bonds is 3. The third-order valence-corrected chi connectivity index (χ3v) is 6.91. The lowest BCUT2D eigenvalue weighted by Crippen LogP contribution is -2.30. The quantitative estimate of drug-likeness (QED) is 0.579. The van der Waals surface area contributed by atoms with E-state index in [2.05, 4.69) is 57.9 Å². The van der Waals surface area contributed by atoms with Crippen molar-refractivity contribution >= 4 is 28.5 Å². The number of thioether (sulfide) groups is 1. The number of amidine groups is 1. The Labute approximate surface area is 174 Å². The first kappa shape index (κ1) is 17.8. The van der Waals surface area contributed by atoms with Crippen LogP contribution in [0.2, 0.25) is 5.02 Å². The van der Waals surface area contributed by atoms with Gasteiger partial charge in [0.05, 0.1) is 11.7 Å². The molecule has 1 aromatic carbocycles. The number of halogens is 1. The van der Waals surface area contributed by atoms with Gasteiger partial charge in [0.25, 0.3) is 0 Å². The Kier molecular flexibility index (Phi) is 4.44. The molecular formula is C22H21ClN4S. The zero-order valence-corrected chi connectivity index (χ0v) is 17.4. The Morgan fingerprint density at radius 1 is 1.14 bits per heavy atom. The molecule has 0 amide bonds. The summed E-state index contributed by atoms with van der Waals surface area (Å²) in [5.74, 6) is 0. The van der Waals surface area contributed by atoms with Gasteiger partial charge in [-0.15, -0.1) is 0 Å². The van der Waals surface area contributed by atoms with Crippen LogP contribution in [-0.4, -0.2) is 31.4 Å². The summed E-state index contributed by atoms with van der Waals surface area (Å²) < 4.78 is 2.26. The van der Waals surface area contributed by atoms with Crippen molar-refractivity contribution in [1.29, 1.82) is 0 Å². The molecule has 4 nitrogen and oxygen atoms in total. The molecule has 0 saturated carbocycles. The van der Waals surface area contributed by atoms with Crippen molar-refractivity contribution in [3.05, 3.63) is 82.9 Å². The molecule has 6 heteroatoms. The van der Waals surface area contributed by atoms with Crippen LogP contribution in [0.25, 0.3) is 5.69 Å². The van der Waals surface area contributed by atoms with Gasteiger partial charge in [-0.3, -0.25) is 9.98 Å². The van der Waals surface area contributed by atoms with Crippen molar-refractivity contribution in [1.82, 2.24) is 14.5 Å². The molecule has 3 aromatic rings. The van der Waals surface area contributed by atoms with Gasteiger partial charge in [0.15, 0.2) is 5.17 Å². The highest BCUT2D eigenvalue weighted by atomic mass is 35.5. The summed E-state index contributed by atoms with van der Waals surface area (Å²) in [6, 6.07) is 16.7. The van der Waals surface area contributed by atoms with Gasteiger partial charge in [-0.25, -0.2) is 0 Å². The number of nitrogens with zero attached hydrogens (tertiary/aromatic N) is 4. The molecule has 0 aliphatic carbocycles. The molecule has 142 valence electrons. The van der Waals surface area contributed by atoms with E-state index in [1.165, 1.54) is 5.69 Å². The lowest BCUT2D eigenvalue weighted by molar-refractivity contribution is 0.312. The van der Waals surface area contributed by atoms with Crippen LogP contribution >= 0.6 is 23.4 Å². The molecule has 0 N–H and O–H groups in total. The van der Waals surface area contributed by atoms with Gasteiger partial charge in [0, 0.05) is 40.6 Å². The lowest BCUT2D eigenvalue weighted by atomic mass is 10.0. The molecule has 2 aromatic heterocycles. The Bertz CT molecular complexity index is 1050. The van der Waals surface area contributed by atoms with Crippen molar-refractivity contribution < 1.29 is 0 Å². The Morgan fingerprint density at radius 2 is 2.04 bits per heavy atom. The van der Waals surface area contributed by atoms with Crippen LogP contribution in [-0.2, 0) is 0 Å². The first-order chi connectivity index (χ1) is 13.6. The summed E-state index contributed by atoms with van der Waals surface area (Å²) in [5.41, 5.74) is 4.44. The summed E-state index contributed by atoms with van der Waals surface area (Å²) in [4.78, 5) is 12.2. The van der Waals surface area contributed by atoms with Gasteiger partial charge in [0.1, 0.15) is 6.04 Å². The van der Waals surface area contributed by atoms with Gasteiger partial charge < -0.3 is 9.47 Å². The summed E-state index contributed by atoms with van der Waals surface area (Å²) >= 11 is 8.12. The van der Waals surface area contributed by atoms with Crippen LogP contribution in [0, 0.1) is 6.92 Å². The van der Waals surface area contributed by atoms with E-state index >= 15 is 0 Å². The summed E-state index contributed by atoms with van der Waals surface area (Å²) in [7, 11) is 0. The van der Waals surface area contributed by atoms with Crippen LogP contribution in [0.4, 0.5) is 0 Å². The van der Waals surface area contributed by atoms with Crippen molar-refractivity contribution in [3.63, 3.8) is 0 Å². The van der Waals surface area contributed by atoms with E-state index in [9.17, 15) is 0 Å². The van der Waals surface area contributed by atoms with Gasteiger partial charge in [-0.2, -0.15) is 0 Å². The molecule has 2 aliphatic heterocycles. The van der Waals surface area contributed by atoms with E-state index in [0.717, 1.165) is 33.7 Å². The molecular weight excluding hydrogens is 388 g/mol. The molecule has 1 fully saturated rings. The number of benzene rings is 1. The highest BCUT2D eigenvalue weighted by Gasteiger charge is 2.44. The SMILES string of the molecule is Cc1cc(-n2cccc2[C@H]2[C@H](c3ccccn3)N=C3S[C@@H](C)CN32)ccc1Cl. The number of hydrogen-bond acceptors (Lipinski definition) is 4. The van der Waals surface area contributed by atoms with Crippen LogP contribution in [0.5, 0.6) is 0 Å². The summed E-state index contributed by atoms with van der Waals surface area (Å²) in [5, 5.41) is 2.47. The van der Waals surface area contributed by atoms with Crippen molar-refractivity contribution in [2.75, 3.05) is 6.54 Å². The molecule has 28 heavy (non-hydrogen) atoms. The second-order valence-electron chi connectivity index (χ2n) is 7.37. The molecule has 2 aliphatic rings. The number of aliphatic imine (C=N–C) groups is 1. The standard InChI is InChI=1S/C22H21ClN4S/c1-14-12-16(8-9-17(14)23)26-11-5-7-19(26)21-20(18-6-3-4-10-24-18)25-22-27(21)13-15(2)28-22/h3-12,15,20-21H,13H2,1-2H3/t15-,20-,21-/m0/s1. The normalized spacial score (nSPS) is 23.8. The lowest BCUT2D eigenvalue weighted by Gasteiger charge is -2.28. The topological polar surface area (TPSA) is 33.4 Å². The van der Waals surface area contributed by atoms with Crippen LogP contribution in [0.3, 0.4) is 0 Å². The predicted molar refractivity (Wildman–Crippen MR) is 116 cm³/mol. The third-order valence-electron chi connectivity index (χ3n) is 5.38. The van der Waals surface area contributed by atoms with E-state index in [-0.39, 0.29) is 12.1 Å². The predicted octanol–water partition coefficient (Wildman–Crippen LogP) is 5.42. The fourth-order valence-electron chi connectivity index (χ4n) is 4.09. The molecule has 3 atom stereocenters. The molecule has 0 spiro atoms. The van der Waals surface area contributed by atoms with Gasteiger partial charge in [-0.1, -0.05) is 36.4 Å². The van der Waals surface area contributed by atoms with Crippen molar-refractivity contribution in [3.8, 4) is 5.69 Å². The summed E-state index contributed by atoms with van der Waals surface area (Å²) in [6.07, 6.45) is 3.98. The second kappa shape index (κ2) is 6.98. The van der Waals surface area contributed by atoms with Crippen LogP contribution in [0.1, 0.15) is 36.0 Å². The summed E-state index contributed by atoms with van der Waals surface area (Å²) in [6.45, 7) is 5.31. The highest BCUT2D eigenvalue weighted by Crippen LogP contribution is 2.47. The van der Waals surface area contributed by atoms with E-state index in [1.54, 1.807) is 0 Å². The first-order valence-electron chi connectivity index (χ1n) is 9.47. The zero-order chi connectivity index (χ0) is 19.3. The monoisotopic (exact) mass is 408 g/mol. The average Bonchev–Trinajstić information content (AvgIpc) is 3.38. The zero-order valence-electron chi connectivity index (χ0n) is 15.8. The van der Waals surface area contributed by atoms with Crippen molar-refractivity contribution in [2.24, 2.45) is 4.99 Å². The third kappa shape index (κ3) is 2.93. The molecule has 1 saturated heterocycles. The van der Waals surface area contributed by atoms with E-state index in [0.29, 0.717) is 5.25 Å². The minimum absolute atomic E-state index is 0.00162. The second-order valence-corrected chi connectivity index (χ2v) is 9.19. The highest BCUT2D eigenvalue weighted by molar-refractivity contribution is 8.14. The van der Waals surface area contributed by atoms with E-state index in [1.807, 2.05) is 43.1 Å². The number of aromatic nitrogens is 2. The fourth-order valence-corrected chi connectivity index (χ4v) is 5.30. The maximum Gasteiger partial charge on any atom is 0.160 e. The Balaban J connectivity index is 1.61. The van der Waals surface area contributed by atoms with Crippen LogP contribution in [0.15, 0.2) is 65.9 Å². The average molecular weight is 409 g/mol. The maximum atomic E-state index is 6.25. The maximum absolute atomic E-state index is 6.25. The molecule has 0 unspecified atom stereocenters. The number of pyridine rings is 1. The van der Waals surface area contributed by atoms with Crippen LogP contribution < -0.4 is 0 Å². The van der Waals surface area contributed by atoms with Crippen molar-refractivity contribution in [2.45, 2.75) is 31.2 Å². The van der Waals surface area contributed by atoms with Gasteiger partial charge in [-0.05, 0) is 55.0 Å². The molecule has 0 bridgehead atoms. The van der Waals surface area contributed by atoms with E-state index < -0.39 is 0 Å². The number of hydrogen-bond donors (Lipinski definition) is 0. The molecule has 4 heterocycles. The number of aryl methyl sites for hydroxylation is 1. The molecule has 0 radical (unpaired) electrons. The number of fused-ring (bicyclic) bond motifs is 1. The Hall–Kier alpha value is -2.24. The van der Waals surface area contributed by atoms with Gasteiger partial charge >= 0.3 is 0 Å².